The van der Waals surface area contributed by atoms with Crippen LogP contribution in [0.15, 0.2) is 12.2 Å². The number of aliphatic carboxylic acids is 1. The Balaban J connectivity index is -0.0000000625. The second-order valence-corrected chi connectivity index (χ2v) is 3.70. The van der Waals surface area contributed by atoms with Crippen molar-refractivity contribution in [3.05, 3.63) is 12.2 Å². The van der Waals surface area contributed by atoms with Gasteiger partial charge in [-0.2, -0.15) is 8.42 Å². The molecule has 74 valence electrons. The Kier molecular flexibility index (Phi) is 11.8. The predicted molar refractivity (Wildman–Crippen MR) is 45.7 cm³/mol. The molecule has 0 aliphatic carbocycles. The minimum absolute atomic E-state index is 0. The standard InChI is InChI=1S/C4H6O2.C2H6O3S.Li.H/c1-3(2)4(5)6;1-2-6(3,4)5;;/h1H2,2H3,(H,5,6);2H2,1H3,(H,3,4,5);;/q;;+1;-1. The first-order chi connectivity index (χ1) is 5.20. The molecule has 0 saturated heterocycles. The molecule has 0 saturated carbocycles. The molecule has 5 nitrogen and oxygen atoms in total. The molecule has 0 aromatic rings. The number of hydrogen-bond acceptors (Lipinski definition) is 3. The second-order valence-electron chi connectivity index (χ2n) is 1.96. The summed E-state index contributed by atoms with van der Waals surface area (Å²) in [4.78, 5) is 9.60. The number of carboxylic acid groups (broad SMARTS) is 1. The van der Waals surface area contributed by atoms with Crippen molar-refractivity contribution in [3.63, 3.8) is 0 Å². The molecular weight excluding hydrogens is 191 g/mol. The van der Waals surface area contributed by atoms with Gasteiger partial charge in [0.2, 0.25) is 0 Å². The summed E-state index contributed by atoms with van der Waals surface area (Å²) in [5, 5.41) is 7.89. The third-order valence-corrected chi connectivity index (χ3v) is 1.46. The van der Waals surface area contributed by atoms with Gasteiger partial charge in [-0.1, -0.05) is 6.58 Å². The van der Waals surface area contributed by atoms with Crippen LogP contribution in [-0.2, 0) is 14.9 Å². The first-order valence-corrected chi connectivity index (χ1v) is 4.65. The van der Waals surface area contributed by atoms with Crippen molar-refractivity contribution in [1.29, 1.82) is 0 Å². The smallest absolute Gasteiger partial charge is 1.00 e. The molecule has 0 aliphatic rings. The first kappa shape index (κ1) is 18.5. The first-order valence-electron chi connectivity index (χ1n) is 3.04. The molecule has 0 heterocycles. The molecule has 0 unspecified atom stereocenters. The van der Waals surface area contributed by atoms with Crippen LogP contribution in [0.1, 0.15) is 15.3 Å². The summed E-state index contributed by atoms with van der Waals surface area (Å²) in [5.74, 6) is -1.14. The molecule has 0 aromatic heterocycles. The molecule has 0 amide bonds. The van der Waals surface area contributed by atoms with Gasteiger partial charge in [-0.05, 0) is 13.8 Å². The van der Waals surface area contributed by atoms with Crippen LogP contribution in [0.25, 0.3) is 0 Å². The average molecular weight is 204 g/mol. The van der Waals surface area contributed by atoms with E-state index in [0.717, 1.165) is 0 Å². The maximum atomic E-state index is 9.60. The van der Waals surface area contributed by atoms with Crippen LogP contribution >= 0.6 is 0 Å². The summed E-state index contributed by atoms with van der Waals surface area (Å²) >= 11 is 0. The molecule has 0 spiro atoms. The minimum atomic E-state index is -3.66. The molecule has 0 aromatic carbocycles. The average Bonchev–Trinajstić information content (AvgIpc) is 1.87. The maximum absolute atomic E-state index is 9.60. The Bertz CT molecular complexity index is 249. The van der Waals surface area contributed by atoms with E-state index >= 15 is 0 Å². The molecule has 0 radical (unpaired) electrons. The van der Waals surface area contributed by atoms with Crippen LogP contribution < -0.4 is 18.9 Å². The van der Waals surface area contributed by atoms with Gasteiger partial charge in [0.25, 0.3) is 10.1 Å². The predicted octanol–water partition coefficient (Wildman–Crippen LogP) is -2.34. The zero-order valence-electron chi connectivity index (χ0n) is 8.94. The van der Waals surface area contributed by atoms with Gasteiger partial charge in [0, 0.05) is 5.57 Å². The van der Waals surface area contributed by atoms with Gasteiger partial charge >= 0.3 is 24.8 Å². The van der Waals surface area contributed by atoms with Gasteiger partial charge in [-0.15, -0.1) is 0 Å². The third-order valence-electron chi connectivity index (χ3n) is 0.730. The molecule has 0 rings (SSSR count). The Morgan fingerprint density at radius 2 is 1.69 bits per heavy atom. The van der Waals surface area contributed by atoms with Crippen molar-refractivity contribution >= 4 is 16.1 Å². The van der Waals surface area contributed by atoms with Crippen molar-refractivity contribution in [2.24, 2.45) is 0 Å². The van der Waals surface area contributed by atoms with E-state index in [2.05, 4.69) is 6.58 Å². The van der Waals surface area contributed by atoms with Crippen LogP contribution in [-0.4, -0.2) is 29.8 Å². The second kappa shape index (κ2) is 8.32. The van der Waals surface area contributed by atoms with E-state index in [1.807, 2.05) is 0 Å². The van der Waals surface area contributed by atoms with Crippen LogP contribution in [0.3, 0.4) is 0 Å². The summed E-state index contributed by atoms with van der Waals surface area (Å²) in [6, 6.07) is 0. The molecular formula is C6H13LiO5S. The monoisotopic (exact) mass is 204 g/mol. The van der Waals surface area contributed by atoms with E-state index in [0.29, 0.717) is 0 Å². The SMILES string of the molecule is C=C(C)C(=O)O.CCS(=O)(=O)O.[H-].[Li+]. The van der Waals surface area contributed by atoms with Gasteiger partial charge in [-0.3, -0.25) is 4.55 Å². The fourth-order valence-electron chi connectivity index (χ4n) is 0. The van der Waals surface area contributed by atoms with Gasteiger partial charge in [-0.25, -0.2) is 4.79 Å². The number of carboxylic acids is 1. The fraction of sp³-hybridized carbons (Fsp3) is 0.500. The molecule has 0 atom stereocenters. The summed E-state index contributed by atoms with van der Waals surface area (Å²) in [6.45, 7) is 5.97. The number of hydrogen-bond donors (Lipinski definition) is 2. The van der Waals surface area contributed by atoms with Crippen molar-refractivity contribution in [1.82, 2.24) is 0 Å². The Hall–Kier alpha value is -0.283. The summed E-state index contributed by atoms with van der Waals surface area (Å²) in [5.41, 5.74) is 0.176. The van der Waals surface area contributed by atoms with Gasteiger partial charge in [0.1, 0.15) is 0 Å². The zero-order valence-corrected chi connectivity index (χ0v) is 8.76. The number of carbonyl (C=O) groups is 1. The third kappa shape index (κ3) is 24.5. The van der Waals surface area contributed by atoms with Crippen molar-refractivity contribution < 1.29 is 43.2 Å². The van der Waals surface area contributed by atoms with Gasteiger partial charge in [0.15, 0.2) is 0 Å². The Morgan fingerprint density at radius 3 is 1.69 bits per heavy atom. The van der Waals surface area contributed by atoms with E-state index in [1.54, 1.807) is 0 Å². The maximum Gasteiger partial charge on any atom is 1.00 e. The van der Waals surface area contributed by atoms with Crippen molar-refractivity contribution in [3.8, 4) is 0 Å². The summed E-state index contributed by atoms with van der Waals surface area (Å²) in [7, 11) is -3.66. The van der Waals surface area contributed by atoms with E-state index in [1.165, 1.54) is 13.8 Å². The van der Waals surface area contributed by atoms with E-state index in [-0.39, 0.29) is 31.6 Å². The number of rotatable bonds is 2. The van der Waals surface area contributed by atoms with Crippen LogP contribution in [0.5, 0.6) is 0 Å². The zero-order chi connectivity index (χ0) is 10.4. The fourth-order valence-corrected chi connectivity index (χ4v) is 0. The minimum Gasteiger partial charge on any atom is -1.00 e. The molecule has 0 fully saturated rings. The van der Waals surface area contributed by atoms with Gasteiger partial charge in [0.05, 0.1) is 5.75 Å². The van der Waals surface area contributed by atoms with Crippen molar-refractivity contribution in [2.45, 2.75) is 13.8 Å². The van der Waals surface area contributed by atoms with Crippen molar-refractivity contribution in [2.75, 3.05) is 5.75 Å². The largest absolute Gasteiger partial charge is 1.00 e. The van der Waals surface area contributed by atoms with Crippen LogP contribution in [0, 0.1) is 0 Å². The van der Waals surface area contributed by atoms with Crippen LogP contribution in [0.2, 0.25) is 0 Å². The van der Waals surface area contributed by atoms with E-state index in [9.17, 15) is 13.2 Å². The van der Waals surface area contributed by atoms with E-state index < -0.39 is 16.1 Å². The van der Waals surface area contributed by atoms with E-state index in [4.69, 9.17) is 9.66 Å². The molecule has 0 aliphatic heterocycles. The Morgan fingerprint density at radius 1 is 1.54 bits per heavy atom. The molecule has 13 heavy (non-hydrogen) atoms. The summed E-state index contributed by atoms with van der Waals surface area (Å²) in [6.07, 6.45) is 0. The Labute approximate surface area is 91.2 Å². The van der Waals surface area contributed by atoms with Gasteiger partial charge < -0.3 is 6.53 Å². The topological polar surface area (TPSA) is 91.7 Å². The molecule has 2 N–H and O–H groups in total. The summed E-state index contributed by atoms with van der Waals surface area (Å²) < 4.78 is 26.9. The molecule has 7 heteroatoms. The normalized spacial score (nSPS) is 8.85. The quantitative estimate of drug-likeness (QED) is 0.299. The van der Waals surface area contributed by atoms with Crippen LogP contribution in [0.4, 0.5) is 0 Å². The molecule has 0 bridgehead atoms.